The van der Waals surface area contributed by atoms with E-state index in [2.05, 4.69) is 137 Å². The first-order valence-corrected chi connectivity index (χ1v) is 14.4. The molecule has 0 amide bonds. The monoisotopic (exact) mass is 545 g/mol. The van der Waals surface area contributed by atoms with Gasteiger partial charge in [-0.25, -0.2) is 9.83 Å². The summed E-state index contributed by atoms with van der Waals surface area (Å²) in [6, 6.07) is 49.2. The van der Waals surface area contributed by atoms with Crippen LogP contribution in [0.1, 0.15) is 0 Å². The minimum Gasteiger partial charge on any atom is -0.311 e. The molecule has 0 bridgehead atoms. The Labute approximate surface area is 247 Å². The van der Waals surface area contributed by atoms with Crippen LogP contribution >= 0.6 is 0 Å². The molecule has 0 aliphatic heterocycles. The summed E-state index contributed by atoms with van der Waals surface area (Å²) < 4.78 is 2.27. The van der Waals surface area contributed by atoms with Gasteiger partial charge in [0, 0.05) is 49.1 Å². The molecule has 0 spiro atoms. The molecule has 0 radical (unpaired) electrons. The van der Waals surface area contributed by atoms with Gasteiger partial charge < -0.3 is 4.57 Å². The van der Waals surface area contributed by atoms with Gasteiger partial charge in [-0.15, -0.1) is 0 Å². The van der Waals surface area contributed by atoms with Gasteiger partial charge in [-0.05, 0) is 40.6 Å². The highest BCUT2D eigenvalue weighted by molar-refractivity contribution is 6.21. The largest absolute Gasteiger partial charge is 0.311 e. The zero-order chi connectivity index (χ0) is 28.5. The Morgan fingerprint density at radius 1 is 0.488 bits per heavy atom. The number of pyridine rings is 1. The van der Waals surface area contributed by atoms with E-state index in [4.69, 9.17) is 11.6 Å². The van der Waals surface area contributed by atoms with Gasteiger partial charge in [-0.2, -0.15) is 0 Å². The third-order valence-electron chi connectivity index (χ3n) is 8.76. The van der Waals surface area contributed by atoms with Crippen LogP contribution in [0.4, 0.5) is 5.69 Å². The molecule has 0 unspecified atom stereocenters. The molecule has 0 saturated carbocycles. The fraction of sp³-hybridized carbons (Fsp3) is 0. The van der Waals surface area contributed by atoms with E-state index >= 15 is 0 Å². The lowest BCUT2D eigenvalue weighted by Crippen LogP contribution is -1.95. The van der Waals surface area contributed by atoms with Crippen molar-refractivity contribution in [3.8, 4) is 16.8 Å². The summed E-state index contributed by atoms with van der Waals surface area (Å²) in [5, 5.41) is 9.32. The van der Waals surface area contributed by atoms with Crippen LogP contribution < -0.4 is 0 Å². The van der Waals surface area contributed by atoms with Crippen molar-refractivity contribution >= 4 is 70.8 Å². The number of hydrogen-bond donors (Lipinski definition) is 0. The van der Waals surface area contributed by atoms with Crippen molar-refractivity contribution in [2.24, 2.45) is 0 Å². The van der Waals surface area contributed by atoms with E-state index in [1.54, 1.807) is 0 Å². The van der Waals surface area contributed by atoms with E-state index < -0.39 is 0 Å². The molecule has 0 fully saturated rings. The smallest absolute Gasteiger partial charge is 0.189 e. The molecule has 0 aliphatic carbocycles. The first-order valence-electron chi connectivity index (χ1n) is 14.4. The van der Waals surface area contributed by atoms with Gasteiger partial charge in [0.05, 0.1) is 23.1 Å². The fourth-order valence-corrected chi connectivity index (χ4v) is 6.81. The predicted octanol–water partition coefficient (Wildman–Crippen LogP) is 11.0. The van der Waals surface area contributed by atoms with Crippen LogP contribution in [0.5, 0.6) is 0 Å². The van der Waals surface area contributed by atoms with E-state index in [0.29, 0.717) is 5.69 Å². The van der Waals surface area contributed by atoms with Gasteiger partial charge in [-0.3, -0.25) is 0 Å². The zero-order valence-corrected chi connectivity index (χ0v) is 23.1. The maximum Gasteiger partial charge on any atom is 0.189 e. The fourth-order valence-electron chi connectivity index (χ4n) is 6.81. The molecular formula is C40H23N3. The number of hydrogen-bond acceptors (Lipinski definition) is 1. The van der Waals surface area contributed by atoms with Gasteiger partial charge in [0.15, 0.2) is 5.69 Å². The lowest BCUT2D eigenvalue weighted by Gasteiger charge is -2.15. The molecule has 3 nitrogen and oxygen atoms in total. The lowest BCUT2D eigenvalue weighted by molar-refractivity contribution is 1.18. The van der Waals surface area contributed by atoms with Crippen molar-refractivity contribution in [1.29, 1.82) is 0 Å². The molecule has 2 heterocycles. The van der Waals surface area contributed by atoms with E-state index in [9.17, 15) is 0 Å². The standard InChI is InChI=1S/C40H23N3/c1-41-28-18-23-33-32-12-6-7-13-36(32)43(37(33)24-28)29-19-14-27(15-20-29)38-34-21-16-25-8-2-4-10-30(25)39(34)42-40-31-11-5-3-9-26(31)17-22-35(38)40/h2-24H. The second kappa shape index (κ2) is 9.01. The van der Waals surface area contributed by atoms with Crippen molar-refractivity contribution in [2.75, 3.05) is 0 Å². The molecular weight excluding hydrogens is 522 g/mol. The number of benzene rings is 7. The second-order valence-corrected chi connectivity index (χ2v) is 11.1. The minimum absolute atomic E-state index is 0.641. The Hall–Kier alpha value is -5.98. The highest BCUT2D eigenvalue weighted by atomic mass is 15.0. The summed E-state index contributed by atoms with van der Waals surface area (Å²) in [4.78, 5) is 9.05. The molecule has 7 aromatic carbocycles. The average molecular weight is 546 g/mol. The van der Waals surface area contributed by atoms with Crippen LogP contribution in [0.25, 0.3) is 86.8 Å². The summed E-state index contributed by atoms with van der Waals surface area (Å²) >= 11 is 0. The second-order valence-electron chi connectivity index (χ2n) is 11.1. The van der Waals surface area contributed by atoms with Crippen LogP contribution in [0, 0.1) is 6.57 Å². The molecule has 3 heteroatoms. The third kappa shape index (κ3) is 3.44. The summed E-state index contributed by atoms with van der Waals surface area (Å²) in [6.07, 6.45) is 0. The Kier molecular flexibility index (Phi) is 4.97. The van der Waals surface area contributed by atoms with Crippen molar-refractivity contribution in [3.05, 3.63) is 151 Å². The molecule has 0 aliphatic rings. The van der Waals surface area contributed by atoms with Crippen molar-refractivity contribution < 1.29 is 0 Å². The van der Waals surface area contributed by atoms with Crippen LogP contribution in [0.3, 0.4) is 0 Å². The Morgan fingerprint density at radius 3 is 1.70 bits per heavy atom. The van der Waals surface area contributed by atoms with Gasteiger partial charge in [0.25, 0.3) is 0 Å². The molecule has 0 N–H and O–H groups in total. The van der Waals surface area contributed by atoms with E-state index in [-0.39, 0.29) is 0 Å². The molecule has 0 saturated heterocycles. The molecule has 9 aromatic rings. The van der Waals surface area contributed by atoms with Crippen LogP contribution in [-0.2, 0) is 0 Å². The van der Waals surface area contributed by atoms with Gasteiger partial charge in [0.1, 0.15) is 0 Å². The maximum absolute atomic E-state index is 7.60. The summed E-state index contributed by atoms with van der Waals surface area (Å²) in [5.41, 5.74) is 8.27. The number of para-hydroxylation sites is 1. The van der Waals surface area contributed by atoms with Gasteiger partial charge >= 0.3 is 0 Å². The Balaban J connectivity index is 1.33. The normalized spacial score (nSPS) is 11.7. The molecule has 198 valence electrons. The molecule has 0 atom stereocenters. The Bertz CT molecular complexity index is 2520. The van der Waals surface area contributed by atoms with Crippen molar-refractivity contribution in [1.82, 2.24) is 9.55 Å². The van der Waals surface area contributed by atoms with Crippen LogP contribution in [0.15, 0.2) is 140 Å². The molecule has 2 aromatic heterocycles. The van der Waals surface area contributed by atoms with Gasteiger partial charge in [0.2, 0.25) is 0 Å². The SMILES string of the molecule is [C-]#[N+]c1ccc2c3ccccc3n(-c3ccc(-c4c5ccc6ccccc6c5nc5c4ccc4ccccc45)cc3)c2c1. The first kappa shape index (κ1) is 23.7. The number of nitrogens with zero attached hydrogens (tertiary/aromatic N) is 3. The topological polar surface area (TPSA) is 22.2 Å². The van der Waals surface area contributed by atoms with Crippen molar-refractivity contribution in [2.45, 2.75) is 0 Å². The highest BCUT2D eigenvalue weighted by Gasteiger charge is 2.17. The van der Waals surface area contributed by atoms with Gasteiger partial charge in [-0.1, -0.05) is 115 Å². The first-order chi connectivity index (χ1) is 21.3. The number of fused-ring (bicyclic) bond motifs is 9. The summed E-state index contributed by atoms with van der Waals surface area (Å²) in [6.45, 7) is 7.60. The lowest BCUT2D eigenvalue weighted by atomic mass is 9.92. The van der Waals surface area contributed by atoms with E-state index in [0.717, 1.165) is 60.2 Å². The Morgan fingerprint density at radius 2 is 1.05 bits per heavy atom. The van der Waals surface area contributed by atoms with Crippen molar-refractivity contribution in [3.63, 3.8) is 0 Å². The minimum atomic E-state index is 0.641. The van der Waals surface area contributed by atoms with E-state index in [1.165, 1.54) is 21.7 Å². The molecule has 43 heavy (non-hydrogen) atoms. The third-order valence-corrected chi connectivity index (χ3v) is 8.76. The summed E-state index contributed by atoms with van der Waals surface area (Å²) in [5.74, 6) is 0. The maximum atomic E-state index is 7.60. The molecule has 9 rings (SSSR count). The average Bonchev–Trinajstić information content (AvgIpc) is 3.40. The number of aromatic nitrogens is 2. The summed E-state index contributed by atoms with van der Waals surface area (Å²) in [7, 11) is 0. The van der Waals surface area contributed by atoms with E-state index in [1.807, 2.05) is 12.1 Å². The predicted molar refractivity (Wildman–Crippen MR) is 180 cm³/mol. The highest BCUT2D eigenvalue weighted by Crippen LogP contribution is 2.41. The van der Waals surface area contributed by atoms with Crippen LogP contribution in [-0.4, -0.2) is 9.55 Å². The van der Waals surface area contributed by atoms with Crippen LogP contribution in [0.2, 0.25) is 0 Å². The number of rotatable bonds is 2. The quantitative estimate of drug-likeness (QED) is 0.120. The zero-order valence-electron chi connectivity index (χ0n) is 23.1.